The quantitative estimate of drug-likeness (QED) is 0.459. The van der Waals surface area contributed by atoms with Gasteiger partial charge in [-0.15, -0.1) is 0 Å². The Morgan fingerprint density at radius 3 is 2.21 bits per heavy atom. The number of carbonyl (C=O) groups is 2. The SMILES string of the molecule is Nc1nc(N(CC(=O)O)CC(=O)O)ccc1[N+](=O)[O-]. The Balaban J connectivity index is 3.08. The standard InChI is InChI=1S/C9H10N4O6/c10-9-5(13(18)19)1-2-6(11-9)12(3-7(14)15)4-8(16)17/h1-2H,3-4H2,(H2,10,11)(H,14,15)(H,16,17). The lowest BCUT2D eigenvalue weighted by molar-refractivity contribution is -0.384. The smallest absolute Gasteiger partial charge is 0.323 e. The third kappa shape index (κ3) is 3.80. The summed E-state index contributed by atoms with van der Waals surface area (Å²) in [6, 6.07) is 2.18. The minimum absolute atomic E-state index is 0.0621. The zero-order valence-electron chi connectivity index (χ0n) is 9.52. The summed E-state index contributed by atoms with van der Waals surface area (Å²) in [6.45, 7) is -1.23. The van der Waals surface area contributed by atoms with Crippen LogP contribution in [0.4, 0.5) is 17.3 Å². The largest absolute Gasteiger partial charge is 0.480 e. The van der Waals surface area contributed by atoms with Gasteiger partial charge in [0.2, 0.25) is 5.82 Å². The molecule has 1 aromatic heterocycles. The molecule has 0 amide bonds. The number of pyridine rings is 1. The van der Waals surface area contributed by atoms with E-state index < -0.39 is 41.5 Å². The molecule has 0 aliphatic rings. The van der Waals surface area contributed by atoms with Gasteiger partial charge in [-0.05, 0) is 6.07 Å². The first kappa shape index (κ1) is 14.2. The molecule has 0 atom stereocenters. The second-order valence-corrected chi connectivity index (χ2v) is 3.47. The number of anilines is 2. The van der Waals surface area contributed by atoms with E-state index in [1.54, 1.807) is 0 Å². The van der Waals surface area contributed by atoms with Gasteiger partial charge in [-0.1, -0.05) is 0 Å². The average molecular weight is 270 g/mol. The van der Waals surface area contributed by atoms with Crippen LogP contribution in [0.15, 0.2) is 12.1 Å². The van der Waals surface area contributed by atoms with Crippen LogP contribution in [-0.4, -0.2) is 45.1 Å². The van der Waals surface area contributed by atoms with Crippen LogP contribution in [0.2, 0.25) is 0 Å². The maximum absolute atomic E-state index is 10.6. The van der Waals surface area contributed by atoms with Crippen molar-refractivity contribution in [1.29, 1.82) is 0 Å². The monoisotopic (exact) mass is 270 g/mol. The van der Waals surface area contributed by atoms with E-state index in [0.717, 1.165) is 17.0 Å². The molecule has 1 heterocycles. The van der Waals surface area contributed by atoms with Crippen LogP contribution in [0.25, 0.3) is 0 Å². The minimum Gasteiger partial charge on any atom is -0.480 e. The predicted octanol–water partition coefficient (Wildman–Crippen LogP) is -0.452. The van der Waals surface area contributed by atoms with Crippen molar-refractivity contribution in [3.05, 3.63) is 22.2 Å². The second-order valence-electron chi connectivity index (χ2n) is 3.47. The number of nitrogen functional groups attached to an aromatic ring is 1. The zero-order chi connectivity index (χ0) is 14.6. The molecular formula is C9H10N4O6. The topological polar surface area (TPSA) is 160 Å². The average Bonchev–Trinajstić information content (AvgIpc) is 2.26. The third-order valence-corrected chi connectivity index (χ3v) is 2.06. The van der Waals surface area contributed by atoms with Gasteiger partial charge in [0.05, 0.1) is 4.92 Å². The first-order valence-corrected chi connectivity index (χ1v) is 4.90. The van der Waals surface area contributed by atoms with Gasteiger partial charge in [0.15, 0.2) is 0 Å². The summed E-state index contributed by atoms with van der Waals surface area (Å²) in [7, 11) is 0. The maximum Gasteiger partial charge on any atom is 0.323 e. The molecule has 0 spiro atoms. The van der Waals surface area contributed by atoms with Gasteiger partial charge in [0.1, 0.15) is 18.9 Å². The van der Waals surface area contributed by atoms with Crippen LogP contribution in [0.5, 0.6) is 0 Å². The lowest BCUT2D eigenvalue weighted by Crippen LogP contribution is -2.35. The Kier molecular flexibility index (Phi) is 4.19. The molecule has 0 saturated heterocycles. The van der Waals surface area contributed by atoms with Crippen molar-refractivity contribution >= 4 is 29.3 Å². The molecule has 0 aliphatic carbocycles. The summed E-state index contributed by atoms with van der Waals surface area (Å²) in [4.78, 5) is 35.6. The first-order valence-electron chi connectivity index (χ1n) is 4.90. The van der Waals surface area contributed by atoms with E-state index in [1.807, 2.05) is 0 Å². The van der Waals surface area contributed by atoms with Crippen molar-refractivity contribution in [2.75, 3.05) is 23.7 Å². The van der Waals surface area contributed by atoms with Gasteiger partial charge in [0.25, 0.3) is 0 Å². The Labute approximate surface area is 106 Å². The molecule has 10 heteroatoms. The summed E-state index contributed by atoms with van der Waals surface area (Å²) < 4.78 is 0. The van der Waals surface area contributed by atoms with Crippen molar-refractivity contribution in [2.45, 2.75) is 0 Å². The first-order chi connectivity index (χ1) is 8.81. The predicted molar refractivity (Wildman–Crippen MR) is 62.8 cm³/mol. The molecule has 10 nitrogen and oxygen atoms in total. The minimum atomic E-state index is -1.26. The number of nitrogens with zero attached hydrogens (tertiary/aromatic N) is 3. The van der Waals surface area contributed by atoms with Crippen molar-refractivity contribution in [3.63, 3.8) is 0 Å². The fraction of sp³-hybridized carbons (Fsp3) is 0.222. The molecule has 0 aliphatic heterocycles. The van der Waals surface area contributed by atoms with E-state index in [4.69, 9.17) is 15.9 Å². The molecule has 0 bridgehead atoms. The van der Waals surface area contributed by atoms with E-state index in [0.29, 0.717) is 0 Å². The Morgan fingerprint density at radius 2 is 1.84 bits per heavy atom. The molecule has 1 aromatic rings. The number of carboxylic acid groups (broad SMARTS) is 2. The molecule has 0 saturated carbocycles. The summed E-state index contributed by atoms with van der Waals surface area (Å²) in [5, 5.41) is 27.9. The number of hydrogen-bond donors (Lipinski definition) is 3. The van der Waals surface area contributed by atoms with Gasteiger partial charge in [-0.25, -0.2) is 4.98 Å². The van der Waals surface area contributed by atoms with Crippen molar-refractivity contribution in [2.24, 2.45) is 0 Å². The van der Waals surface area contributed by atoms with E-state index >= 15 is 0 Å². The highest BCUT2D eigenvalue weighted by Gasteiger charge is 2.19. The van der Waals surface area contributed by atoms with Gasteiger partial charge >= 0.3 is 17.6 Å². The highest BCUT2D eigenvalue weighted by Crippen LogP contribution is 2.22. The van der Waals surface area contributed by atoms with Gasteiger partial charge in [0, 0.05) is 6.07 Å². The molecule has 0 fully saturated rings. The van der Waals surface area contributed by atoms with Crippen molar-refractivity contribution in [3.8, 4) is 0 Å². The Morgan fingerprint density at radius 1 is 1.32 bits per heavy atom. The fourth-order valence-corrected chi connectivity index (χ4v) is 1.33. The lowest BCUT2D eigenvalue weighted by atomic mass is 10.3. The van der Waals surface area contributed by atoms with Crippen LogP contribution in [0, 0.1) is 10.1 Å². The Bertz CT molecular complexity index is 515. The van der Waals surface area contributed by atoms with Crippen LogP contribution in [-0.2, 0) is 9.59 Å². The van der Waals surface area contributed by atoms with Gasteiger partial charge < -0.3 is 20.8 Å². The maximum atomic E-state index is 10.6. The fourth-order valence-electron chi connectivity index (χ4n) is 1.33. The number of rotatable bonds is 6. The van der Waals surface area contributed by atoms with E-state index in [2.05, 4.69) is 4.98 Å². The lowest BCUT2D eigenvalue weighted by Gasteiger charge is -2.19. The number of nitro groups is 1. The zero-order valence-corrected chi connectivity index (χ0v) is 9.52. The number of nitrogens with two attached hydrogens (primary N) is 1. The normalized spacial score (nSPS) is 9.89. The molecule has 0 radical (unpaired) electrons. The molecule has 102 valence electrons. The molecule has 1 rings (SSSR count). The summed E-state index contributed by atoms with van der Waals surface area (Å²) in [5.41, 5.74) is 4.91. The van der Waals surface area contributed by atoms with Crippen LogP contribution in [0.1, 0.15) is 0 Å². The van der Waals surface area contributed by atoms with Crippen molar-refractivity contribution in [1.82, 2.24) is 4.98 Å². The van der Waals surface area contributed by atoms with Crippen molar-refractivity contribution < 1.29 is 24.7 Å². The molecule has 0 aromatic carbocycles. The van der Waals surface area contributed by atoms with E-state index in [9.17, 15) is 19.7 Å². The molecule has 0 unspecified atom stereocenters. The number of hydrogen-bond acceptors (Lipinski definition) is 7. The number of aromatic nitrogens is 1. The van der Waals surface area contributed by atoms with Crippen LogP contribution >= 0.6 is 0 Å². The third-order valence-electron chi connectivity index (χ3n) is 2.06. The molecule has 19 heavy (non-hydrogen) atoms. The number of aliphatic carboxylic acids is 2. The van der Waals surface area contributed by atoms with Gasteiger partial charge in [-0.2, -0.15) is 0 Å². The highest BCUT2D eigenvalue weighted by atomic mass is 16.6. The highest BCUT2D eigenvalue weighted by molar-refractivity contribution is 5.79. The summed E-state index contributed by atoms with van der Waals surface area (Å²) in [5.74, 6) is -3.00. The van der Waals surface area contributed by atoms with E-state index in [1.165, 1.54) is 0 Å². The van der Waals surface area contributed by atoms with Crippen LogP contribution in [0.3, 0.4) is 0 Å². The van der Waals surface area contributed by atoms with Crippen LogP contribution < -0.4 is 10.6 Å². The molecule has 4 N–H and O–H groups in total. The van der Waals surface area contributed by atoms with E-state index in [-0.39, 0.29) is 5.82 Å². The summed E-state index contributed by atoms with van der Waals surface area (Å²) in [6.07, 6.45) is 0. The second kappa shape index (κ2) is 5.62. The number of carboxylic acids is 2. The van der Waals surface area contributed by atoms with Gasteiger partial charge in [-0.3, -0.25) is 19.7 Å². The summed E-state index contributed by atoms with van der Waals surface area (Å²) >= 11 is 0. The molecular weight excluding hydrogens is 260 g/mol. The Hall–Kier alpha value is -2.91.